The summed E-state index contributed by atoms with van der Waals surface area (Å²) in [6, 6.07) is 15.6. The average molecular weight is 283 g/mol. The first kappa shape index (κ1) is 13.7. The molecule has 2 aromatic rings. The number of aryl methyl sites for hydroxylation is 2. The van der Waals surface area contributed by atoms with Crippen LogP contribution in [0.25, 0.3) is 0 Å². The van der Waals surface area contributed by atoms with Crippen molar-refractivity contribution in [2.45, 2.75) is 48.4 Å². The van der Waals surface area contributed by atoms with E-state index in [0.29, 0.717) is 0 Å². The van der Waals surface area contributed by atoms with E-state index in [9.17, 15) is 0 Å². The number of hydrogen-bond acceptors (Lipinski definition) is 2. The number of fused-ring (bicyclic) bond motifs is 1. The zero-order valence-electron chi connectivity index (χ0n) is 11.9. The molecule has 0 heterocycles. The molecule has 1 aliphatic carbocycles. The molecule has 0 fully saturated rings. The summed E-state index contributed by atoms with van der Waals surface area (Å²) in [7, 11) is 0. The Labute approximate surface area is 125 Å². The lowest BCUT2D eigenvalue weighted by molar-refractivity contribution is 0.685. The molecule has 1 aliphatic rings. The smallest absolute Gasteiger partial charge is 0.0303 e. The van der Waals surface area contributed by atoms with E-state index in [-0.39, 0.29) is 6.04 Å². The highest BCUT2D eigenvalue weighted by atomic mass is 32.2. The highest BCUT2D eigenvalue weighted by molar-refractivity contribution is 7.99. The van der Waals surface area contributed by atoms with Crippen molar-refractivity contribution in [2.75, 3.05) is 0 Å². The number of hydrogen-bond donors (Lipinski definition) is 1. The second-order valence-electron chi connectivity index (χ2n) is 5.44. The quantitative estimate of drug-likeness (QED) is 0.877. The van der Waals surface area contributed by atoms with Crippen LogP contribution < -0.4 is 5.73 Å². The molecule has 0 bridgehead atoms. The third-order valence-electron chi connectivity index (χ3n) is 4.06. The van der Waals surface area contributed by atoms with Crippen LogP contribution in [0, 0.1) is 0 Å². The molecule has 1 unspecified atom stereocenters. The van der Waals surface area contributed by atoms with Gasteiger partial charge in [0.15, 0.2) is 0 Å². The molecule has 1 atom stereocenters. The molecule has 0 aromatic heterocycles. The molecule has 0 saturated heterocycles. The van der Waals surface area contributed by atoms with Gasteiger partial charge < -0.3 is 5.73 Å². The largest absolute Gasteiger partial charge is 0.324 e. The fraction of sp³-hybridized carbons (Fsp3) is 0.333. The van der Waals surface area contributed by atoms with Crippen molar-refractivity contribution < 1.29 is 0 Å². The van der Waals surface area contributed by atoms with E-state index < -0.39 is 0 Å². The van der Waals surface area contributed by atoms with E-state index in [1.165, 1.54) is 45.7 Å². The monoisotopic (exact) mass is 283 g/mol. The lowest BCUT2D eigenvalue weighted by atomic mass is 10.1. The number of nitrogens with two attached hydrogens (primary N) is 1. The Bertz CT molecular complexity index is 606. The minimum atomic E-state index is 0.133. The Morgan fingerprint density at radius 2 is 1.90 bits per heavy atom. The highest BCUT2D eigenvalue weighted by Crippen LogP contribution is 2.35. The lowest BCUT2D eigenvalue weighted by Gasteiger charge is -2.14. The van der Waals surface area contributed by atoms with Crippen molar-refractivity contribution in [3.8, 4) is 0 Å². The molecule has 0 aliphatic heterocycles. The van der Waals surface area contributed by atoms with Crippen molar-refractivity contribution >= 4 is 11.8 Å². The average Bonchev–Trinajstić information content (AvgIpc) is 2.94. The second-order valence-corrected chi connectivity index (χ2v) is 6.55. The van der Waals surface area contributed by atoms with E-state index in [0.717, 1.165) is 6.42 Å². The van der Waals surface area contributed by atoms with Gasteiger partial charge in [0.05, 0.1) is 0 Å². The summed E-state index contributed by atoms with van der Waals surface area (Å²) in [4.78, 5) is 2.63. The van der Waals surface area contributed by atoms with Crippen LogP contribution in [0.15, 0.2) is 52.3 Å². The summed E-state index contributed by atoms with van der Waals surface area (Å²) < 4.78 is 0. The summed E-state index contributed by atoms with van der Waals surface area (Å²) in [6.45, 7) is 2.14. The molecule has 104 valence electrons. The maximum atomic E-state index is 6.23. The summed E-state index contributed by atoms with van der Waals surface area (Å²) in [5, 5.41) is 0. The molecule has 20 heavy (non-hydrogen) atoms. The van der Waals surface area contributed by atoms with Crippen LogP contribution >= 0.6 is 11.8 Å². The number of benzene rings is 2. The van der Waals surface area contributed by atoms with Crippen molar-refractivity contribution in [3.63, 3.8) is 0 Å². The molecule has 0 saturated carbocycles. The third kappa shape index (κ3) is 2.77. The predicted molar refractivity (Wildman–Crippen MR) is 86.3 cm³/mol. The van der Waals surface area contributed by atoms with E-state index in [1.807, 2.05) is 11.8 Å². The van der Waals surface area contributed by atoms with E-state index in [2.05, 4.69) is 49.4 Å². The van der Waals surface area contributed by atoms with Gasteiger partial charge in [-0.25, -0.2) is 0 Å². The van der Waals surface area contributed by atoms with E-state index >= 15 is 0 Å². The zero-order chi connectivity index (χ0) is 13.9. The normalized spacial score (nSPS) is 15.1. The van der Waals surface area contributed by atoms with Crippen molar-refractivity contribution in [3.05, 3.63) is 59.2 Å². The Hall–Kier alpha value is -1.25. The predicted octanol–water partition coefficient (Wildman–Crippen LogP) is 4.74. The summed E-state index contributed by atoms with van der Waals surface area (Å²) in [5.41, 5.74) is 10.6. The van der Waals surface area contributed by atoms with Gasteiger partial charge in [-0.15, -0.1) is 0 Å². The molecular formula is C18H21NS. The molecule has 0 spiro atoms. The molecule has 2 N–H and O–H groups in total. The standard InChI is InChI=1S/C18H21NS/c1-2-17(19)16-8-3-4-9-18(16)20-15-11-10-13-6-5-7-14(13)12-15/h3-4,8-12,17H,2,5-7,19H2,1H3. The second kappa shape index (κ2) is 6.02. The van der Waals surface area contributed by atoms with Gasteiger partial charge >= 0.3 is 0 Å². The zero-order valence-corrected chi connectivity index (χ0v) is 12.7. The van der Waals surface area contributed by atoms with Crippen LogP contribution in [0.1, 0.15) is 42.5 Å². The SMILES string of the molecule is CCC(N)c1ccccc1Sc1ccc2c(c1)CCC2. The summed E-state index contributed by atoms with van der Waals surface area (Å²) in [6.07, 6.45) is 4.76. The van der Waals surface area contributed by atoms with Crippen LogP contribution in [0.3, 0.4) is 0 Å². The molecule has 2 heteroatoms. The first-order valence-corrected chi connectivity index (χ1v) is 8.23. The summed E-state index contributed by atoms with van der Waals surface area (Å²) >= 11 is 1.84. The Kier molecular flexibility index (Phi) is 4.13. The molecule has 0 amide bonds. The van der Waals surface area contributed by atoms with Crippen molar-refractivity contribution in [1.29, 1.82) is 0 Å². The van der Waals surface area contributed by atoms with Gasteiger partial charge in [-0.05, 0) is 60.6 Å². The fourth-order valence-corrected chi connectivity index (χ4v) is 3.91. The first-order chi connectivity index (χ1) is 9.78. The van der Waals surface area contributed by atoms with Crippen LogP contribution in [0.2, 0.25) is 0 Å². The maximum absolute atomic E-state index is 6.23. The molecule has 2 aromatic carbocycles. The molecule has 1 nitrogen and oxygen atoms in total. The molecular weight excluding hydrogens is 262 g/mol. The van der Waals surface area contributed by atoms with Gasteiger partial charge in [-0.1, -0.05) is 43.0 Å². The van der Waals surface area contributed by atoms with Crippen LogP contribution in [0.4, 0.5) is 0 Å². The highest BCUT2D eigenvalue weighted by Gasteiger charge is 2.13. The van der Waals surface area contributed by atoms with Crippen LogP contribution in [-0.4, -0.2) is 0 Å². The topological polar surface area (TPSA) is 26.0 Å². The maximum Gasteiger partial charge on any atom is 0.0303 e. The van der Waals surface area contributed by atoms with E-state index in [4.69, 9.17) is 5.73 Å². The molecule has 3 rings (SSSR count). The van der Waals surface area contributed by atoms with Crippen LogP contribution in [0.5, 0.6) is 0 Å². The number of rotatable bonds is 4. The Balaban J connectivity index is 1.88. The van der Waals surface area contributed by atoms with Gasteiger partial charge in [0.25, 0.3) is 0 Å². The lowest BCUT2D eigenvalue weighted by Crippen LogP contribution is -2.09. The minimum Gasteiger partial charge on any atom is -0.324 e. The van der Waals surface area contributed by atoms with Gasteiger partial charge in [-0.3, -0.25) is 0 Å². The fourth-order valence-electron chi connectivity index (χ4n) is 2.84. The van der Waals surface area contributed by atoms with Crippen LogP contribution in [-0.2, 0) is 12.8 Å². The van der Waals surface area contributed by atoms with Gasteiger partial charge in [-0.2, -0.15) is 0 Å². The third-order valence-corrected chi connectivity index (χ3v) is 5.14. The van der Waals surface area contributed by atoms with Gasteiger partial charge in [0.2, 0.25) is 0 Å². The van der Waals surface area contributed by atoms with Gasteiger partial charge in [0.1, 0.15) is 0 Å². The minimum absolute atomic E-state index is 0.133. The summed E-state index contributed by atoms with van der Waals surface area (Å²) in [5.74, 6) is 0. The van der Waals surface area contributed by atoms with E-state index in [1.54, 1.807) is 0 Å². The van der Waals surface area contributed by atoms with Crippen molar-refractivity contribution in [1.82, 2.24) is 0 Å². The first-order valence-electron chi connectivity index (χ1n) is 7.42. The Morgan fingerprint density at radius 1 is 1.10 bits per heavy atom. The Morgan fingerprint density at radius 3 is 2.75 bits per heavy atom. The molecule has 0 radical (unpaired) electrons. The van der Waals surface area contributed by atoms with Crippen molar-refractivity contribution in [2.24, 2.45) is 5.73 Å². The van der Waals surface area contributed by atoms with Gasteiger partial charge in [0, 0.05) is 15.8 Å².